The van der Waals surface area contributed by atoms with E-state index in [0.29, 0.717) is 24.8 Å². The van der Waals surface area contributed by atoms with E-state index in [0.717, 1.165) is 25.7 Å². The summed E-state index contributed by atoms with van der Waals surface area (Å²) < 4.78 is 4.56. The number of methoxy groups -OCH3 is 1. The molecule has 1 aromatic rings. The van der Waals surface area contributed by atoms with Gasteiger partial charge in [-0.3, -0.25) is 14.4 Å². The van der Waals surface area contributed by atoms with Gasteiger partial charge in [0.15, 0.2) is 5.78 Å². The van der Waals surface area contributed by atoms with Crippen LogP contribution in [-0.2, 0) is 14.3 Å². The normalized spacial score (nSPS) is 10.2. The second-order valence-corrected chi connectivity index (χ2v) is 5.32. The minimum Gasteiger partial charge on any atom is -0.469 e. The molecule has 0 aliphatic rings. The molecule has 4 heteroatoms. The number of hydrogen-bond acceptors (Lipinski definition) is 4. The van der Waals surface area contributed by atoms with E-state index in [4.69, 9.17) is 0 Å². The Balaban J connectivity index is 2.07. The number of hydrogen-bond donors (Lipinski definition) is 0. The number of rotatable bonds is 11. The lowest BCUT2D eigenvalue weighted by atomic mass is 10.0. The topological polar surface area (TPSA) is 60.4 Å². The lowest BCUT2D eigenvalue weighted by molar-refractivity contribution is -0.140. The molecular formula is C18H24O4. The molecule has 0 saturated carbocycles. The average molecular weight is 304 g/mol. The summed E-state index contributed by atoms with van der Waals surface area (Å²) in [5, 5.41) is 0. The number of ketones is 2. The van der Waals surface area contributed by atoms with Gasteiger partial charge in [-0.15, -0.1) is 0 Å². The summed E-state index contributed by atoms with van der Waals surface area (Å²) in [6.45, 7) is 0. The predicted octanol–water partition coefficient (Wildman–Crippen LogP) is 3.73. The van der Waals surface area contributed by atoms with Crippen molar-refractivity contribution < 1.29 is 19.1 Å². The van der Waals surface area contributed by atoms with Gasteiger partial charge in [0, 0.05) is 31.2 Å². The predicted molar refractivity (Wildman–Crippen MR) is 84.7 cm³/mol. The van der Waals surface area contributed by atoms with Crippen molar-refractivity contribution in [3.63, 3.8) is 0 Å². The standard InChI is InChI=1S/C18H24O4/c1-22-18(21)12-8-3-2-7-11-16(19)13-14-17(20)15-9-5-4-6-10-15/h4-6,9-10H,2-3,7-8,11-14H2,1H3. The third-order valence-electron chi connectivity index (χ3n) is 3.54. The maximum Gasteiger partial charge on any atom is 0.305 e. The number of Topliss-reactive ketones (excluding diaryl/α,β-unsaturated/α-hetero) is 2. The summed E-state index contributed by atoms with van der Waals surface area (Å²) in [4.78, 5) is 34.5. The molecule has 4 nitrogen and oxygen atoms in total. The van der Waals surface area contributed by atoms with E-state index in [1.54, 1.807) is 12.1 Å². The second kappa shape index (κ2) is 10.7. The van der Waals surface area contributed by atoms with Crippen molar-refractivity contribution in [1.82, 2.24) is 0 Å². The van der Waals surface area contributed by atoms with Gasteiger partial charge < -0.3 is 4.74 Å². The van der Waals surface area contributed by atoms with Crippen molar-refractivity contribution in [3.05, 3.63) is 35.9 Å². The molecule has 0 fully saturated rings. The smallest absolute Gasteiger partial charge is 0.305 e. The Labute approximate surface area is 131 Å². The molecule has 0 bridgehead atoms. The van der Waals surface area contributed by atoms with Crippen LogP contribution in [0.1, 0.15) is 61.7 Å². The van der Waals surface area contributed by atoms with E-state index in [1.165, 1.54) is 7.11 Å². The van der Waals surface area contributed by atoms with Crippen molar-refractivity contribution >= 4 is 17.5 Å². The maximum atomic E-state index is 11.9. The Morgan fingerprint density at radius 3 is 2.09 bits per heavy atom. The highest BCUT2D eigenvalue weighted by Crippen LogP contribution is 2.10. The third kappa shape index (κ3) is 7.72. The molecule has 22 heavy (non-hydrogen) atoms. The van der Waals surface area contributed by atoms with Crippen molar-refractivity contribution in [2.24, 2.45) is 0 Å². The second-order valence-electron chi connectivity index (χ2n) is 5.32. The van der Waals surface area contributed by atoms with Crippen LogP contribution >= 0.6 is 0 Å². The molecule has 0 saturated heterocycles. The largest absolute Gasteiger partial charge is 0.469 e. The molecule has 0 amide bonds. The van der Waals surface area contributed by atoms with Crippen LogP contribution in [0.15, 0.2) is 30.3 Å². The van der Waals surface area contributed by atoms with E-state index >= 15 is 0 Å². The minimum atomic E-state index is -0.185. The van der Waals surface area contributed by atoms with Crippen LogP contribution in [0, 0.1) is 0 Å². The summed E-state index contributed by atoms with van der Waals surface area (Å²) in [6.07, 6.45) is 5.02. The highest BCUT2D eigenvalue weighted by Gasteiger charge is 2.09. The third-order valence-corrected chi connectivity index (χ3v) is 3.54. The van der Waals surface area contributed by atoms with Gasteiger partial charge in [-0.25, -0.2) is 0 Å². The zero-order valence-corrected chi connectivity index (χ0v) is 13.2. The first kappa shape index (κ1) is 18.1. The molecule has 120 valence electrons. The van der Waals surface area contributed by atoms with Crippen molar-refractivity contribution in [2.75, 3.05) is 7.11 Å². The molecule has 0 radical (unpaired) electrons. The van der Waals surface area contributed by atoms with Crippen molar-refractivity contribution in [1.29, 1.82) is 0 Å². The summed E-state index contributed by atoms with van der Waals surface area (Å²) in [5.41, 5.74) is 0.665. The van der Waals surface area contributed by atoms with E-state index in [2.05, 4.69) is 4.74 Å². The zero-order chi connectivity index (χ0) is 16.2. The van der Waals surface area contributed by atoms with Gasteiger partial charge in [0.1, 0.15) is 5.78 Å². The minimum absolute atomic E-state index is 0.0204. The molecule has 1 aromatic carbocycles. The van der Waals surface area contributed by atoms with Gasteiger partial charge in [0.25, 0.3) is 0 Å². The molecule has 0 N–H and O–H groups in total. The fraction of sp³-hybridized carbons (Fsp3) is 0.500. The van der Waals surface area contributed by atoms with Crippen molar-refractivity contribution in [2.45, 2.75) is 51.4 Å². The van der Waals surface area contributed by atoms with E-state index < -0.39 is 0 Å². The molecule has 0 aliphatic heterocycles. The van der Waals surface area contributed by atoms with E-state index in [-0.39, 0.29) is 24.0 Å². The lowest BCUT2D eigenvalue weighted by Crippen LogP contribution is -2.04. The average Bonchev–Trinajstić information content (AvgIpc) is 2.56. The van der Waals surface area contributed by atoms with Gasteiger partial charge in [0.05, 0.1) is 7.11 Å². The number of carbonyl (C=O) groups excluding carboxylic acids is 3. The van der Waals surface area contributed by atoms with E-state index in [9.17, 15) is 14.4 Å². The Hall–Kier alpha value is -1.97. The Bertz CT molecular complexity index is 479. The molecule has 0 spiro atoms. The quantitative estimate of drug-likeness (QED) is 0.355. The van der Waals surface area contributed by atoms with Gasteiger partial charge in [-0.1, -0.05) is 43.2 Å². The van der Waals surface area contributed by atoms with Crippen LogP contribution in [0.5, 0.6) is 0 Å². The van der Waals surface area contributed by atoms with Crippen molar-refractivity contribution in [3.8, 4) is 0 Å². The first-order valence-electron chi connectivity index (χ1n) is 7.80. The number of benzene rings is 1. The van der Waals surface area contributed by atoms with Gasteiger partial charge in [-0.05, 0) is 12.8 Å². The summed E-state index contributed by atoms with van der Waals surface area (Å²) in [7, 11) is 1.39. The molecule has 0 unspecified atom stereocenters. The molecule has 0 heterocycles. The molecule has 0 aliphatic carbocycles. The highest BCUT2D eigenvalue weighted by atomic mass is 16.5. The Morgan fingerprint density at radius 1 is 0.818 bits per heavy atom. The SMILES string of the molecule is COC(=O)CCCCCCC(=O)CCC(=O)c1ccccc1. The zero-order valence-electron chi connectivity index (χ0n) is 13.2. The first-order chi connectivity index (χ1) is 10.6. The summed E-state index contributed by atoms with van der Waals surface area (Å²) in [5.74, 6) is -0.0280. The highest BCUT2D eigenvalue weighted by molar-refractivity contribution is 5.98. The monoisotopic (exact) mass is 304 g/mol. The number of unbranched alkanes of at least 4 members (excludes halogenated alkanes) is 3. The molecule has 0 aromatic heterocycles. The van der Waals surface area contributed by atoms with Crippen LogP contribution in [0.25, 0.3) is 0 Å². The fourth-order valence-electron chi connectivity index (χ4n) is 2.19. The van der Waals surface area contributed by atoms with E-state index in [1.807, 2.05) is 18.2 Å². The summed E-state index contributed by atoms with van der Waals surface area (Å²) in [6, 6.07) is 9.05. The summed E-state index contributed by atoms with van der Waals surface area (Å²) >= 11 is 0. The molecule has 0 atom stereocenters. The fourth-order valence-corrected chi connectivity index (χ4v) is 2.19. The Morgan fingerprint density at radius 2 is 1.45 bits per heavy atom. The Kier molecular flexibility index (Phi) is 8.80. The molecular weight excluding hydrogens is 280 g/mol. The number of esters is 1. The van der Waals surface area contributed by atoms with Crippen LogP contribution in [0.2, 0.25) is 0 Å². The first-order valence-corrected chi connectivity index (χ1v) is 7.80. The molecule has 1 rings (SSSR count). The lowest BCUT2D eigenvalue weighted by Gasteiger charge is -2.02. The van der Waals surface area contributed by atoms with Crippen LogP contribution in [0.4, 0.5) is 0 Å². The van der Waals surface area contributed by atoms with Gasteiger partial charge >= 0.3 is 5.97 Å². The maximum absolute atomic E-state index is 11.9. The van der Waals surface area contributed by atoms with Crippen LogP contribution in [-0.4, -0.2) is 24.6 Å². The van der Waals surface area contributed by atoms with Crippen LogP contribution in [0.3, 0.4) is 0 Å². The number of ether oxygens (including phenoxy) is 1. The number of carbonyl (C=O) groups is 3. The van der Waals surface area contributed by atoms with Gasteiger partial charge in [0.2, 0.25) is 0 Å². The van der Waals surface area contributed by atoms with Crippen LogP contribution < -0.4 is 0 Å². The van der Waals surface area contributed by atoms with Gasteiger partial charge in [-0.2, -0.15) is 0 Å².